The van der Waals surface area contributed by atoms with Crippen molar-refractivity contribution in [3.05, 3.63) is 64.6 Å². The number of halogens is 1. The van der Waals surface area contributed by atoms with Gasteiger partial charge in [0, 0.05) is 6.42 Å². The van der Waals surface area contributed by atoms with Crippen LogP contribution in [0.2, 0.25) is 5.15 Å². The number of hydrogen-bond acceptors (Lipinski definition) is 2. The second-order valence-corrected chi connectivity index (χ2v) is 4.70. The number of pyridine rings is 1. The fraction of sp³-hybridized carbons (Fsp3) is 0.143. The summed E-state index contributed by atoms with van der Waals surface area (Å²) in [4.78, 5) is 4.46. The largest absolute Gasteiger partial charge is 0.212 e. The quantitative estimate of drug-likeness (QED) is 0.660. The summed E-state index contributed by atoms with van der Waals surface area (Å²) in [5.74, 6) is 0.784. The maximum Gasteiger partial charge on any atom is 0.157 e. The lowest BCUT2D eigenvalue weighted by Gasteiger charge is -1.97. The Balaban J connectivity index is 1.95. The topological polar surface area (TPSA) is 30.2 Å². The fourth-order valence-electron chi connectivity index (χ4n) is 1.88. The zero-order valence-corrected chi connectivity index (χ0v) is 10.7. The molecular weight excluding hydrogens is 246 g/mol. The average Bonchev–Trinajstić information content (AvgIpc) is 2.76. The van der Waals surface area contributed by atoms with Crippen molar-refractivity contribution in [2.45, 2.75) is 13.3 Å². The van der Waals surface area contributed by atoms with Crippen molar-refractivity contribution in [3.8, 4) is 0 Å². The molecule has 4 heteroatoms. The first kappa shape index (κ1) is 11.2. The molecule has 3 aromatic rings. The Bertz CT molecular complexity index is 686. The highest BCUT2D eigenvalue weighted by Gasteiger charge is 2.06. The van der Waals surface area contributed by atoms with Crippen LogP contribution in [0.15, 0.2) is 42.5 Å². The van der Waals surface area contributed by atoms with E-state index in [4.69, 9.17) is 11.6 Å². The van der Waals surface area contributed by atoms with Crippen molar-refractivity contribution in [3.63, 3.8) is 0 Å². The third kappa shape index (κ3) is 2.09. The minimum absolute atomic E-state index is 0.579. The molecule has 0 aliphatic heterocycles. The van der Waals surface area contributed by atoms with Gasteiger partial charge in [-0.2, -0.15) is 0 Å². The first-order valence-corrected chi connectivity index (χ1v) is 6.16. The molecule has 2 aromatic heterocycles. The monoisotopic (exact) mass is 257 g/mol. The Morgan fingerprint density at radius 2 is 1.89 bits per heavy atom. The molecule has 18 heavy (non-hydrogen) atoms. The standard InChI is InChI=1S/C14H12ClN3/c1-10-5-7-11(8-6-10)9-13-16-14-4-2-3-12(15)18(14)17-13/h2-8H,9H2,1H3. The minimum Gasteiger partial charge on any atom is -0.212 e. The molecule has 2 heterocycles. The zero-order valence-electron chi connectivity index (χ0n) is 9.97. The molecule has 0 aliphatic rings. The second kappa shape index (κ2) is 4.42. The van der Waals surface area contributed by atoms with E-state index in [1.165, 1.54) is 11.1 Å². The van der Waals surface area contributed by atoms with E-state index in [9.17, 15) is 0 Å². The number of rotatable bonds is 2. The van der Waals surface area contributed by atoms with E-state index in [1.54, 1.807) is 10.6 Å². The highest BCUT2D eigenvalue weighted by molar-refractivity contribution is 6.29. The molecule has 90 valence electrons. The predicted molar refractivity (Wildman–Crippen MR) is 72.0 cm³/mol. The van der Waals surface area contributed by atoms with Gasteiger partial charge in [0.15, 0.2) is 11.5 Å². The van der Waals surface area contributed by atoms with Crippen molar-refractivity contribution in [2.75, 3.05) is 0 Å². The summed E-state index contributed by atoms with van der Waals surface area (Å²) in [5.41, 5.74) is 3.24. The smallest absolute Gasteiger partial charge is 0.157 e. The second-order valence-electron chi connectivity index (χ2n) is 4.31. The predicted octanol–water partition coefficient (Wildman–Crippen LogP) is 3.28. The van der Waals surface area contributed by atoms with Gasteiger partial charge >= 0.3 is 0 Å². The molecule has 0 spiro atoms. The number of aromatic nitrogens is 3. The van der Waals surface area contributed by atoms with Crippen LogP contribution in [-0.2, 0) is 6.42 Å². The van der Waals surface area contributed by atoms with Crippen LogP contribution in [0.25, 0.3) is 5.65 Å². The summed E-state index contributed by atoms with van der Waals surface area (Å²) in [5, 5.41) is 4.98. The lowest BCUT2D eigenvalue weighted by atomic mass is 10.1. The maximum absolute atomic E-state index is 6.05. The summed E-state index contributed by atoms with van der Waals surface area (Å²) in [6, 6.07) is 14.0. The van der Waals surface area contributed by atoms with Crippen LogP contribution in [0.5, 0.6) is 0 Å². The first-order valence-electron chi connectivity index (χ1n) is 5.78. The third-order valence-electron chi connectivity index (χ3n) is 2.84. The molecule has 0 amide bonds. The lowest BCUT2D eigenvalue weighted by molar-refractivity contribution is 0.900. The summed E-state index contributed by atoms with van der Waals surface area (Å²) in [7, 11) is 0. The third-order valence-corrected chi connectivity index (χ3v) is 3.13. The van der Waals surface area contributed by atoms with Crippen LogP contribution < -0.4 is 0 Å². The van der Waals surface area contributed by atoms with Crippen molar-refractivity contribution in [1.29, 1.82) is 0 Å². The van der Waals surface area contributed by atoms with Gasteiger partial charge < -0.3 is 0 Å². The Kier molecular flexibility index (Phi) is 2.76. The molecule has 0 bridgehead atoms. The average molecular weight is 258 g/mol. The summed E-state index contributed by atoms with van der Waals surface area (Å²) in [6.45, 7) is 2.08. The van der Waals surface area contributed by atoms with Gasteiger partial charge in [-0.15, -0.1) is 5.10 Å². The molecule has 0 atom stereocenters. The molecule has 3 rings (SSSR count). The van der Waals surface area contributed by atoms with Crippen molar-refractivity contribution >= 4 is 17.2 Å². The Morgan fingerprint density at radius 3 is 2.61 bits per heavy atom. The molecule has 0 fully saturated rings. The van der Waals surface area contributed by atoms with E-state index in [0.717, 1.165) is 17.9 Å². The van der Waals surface area contributed by atoms with Crippen LogP contribution in [0.4, 0.5) is 0 Å². The van der Waals surface area contributed by atoms with Crippen LogP contribution in [0.1, 0.15) is 17.0 Å². The van der Waals surface area contributed by atoms with Crippen molar-refractivity contribution in [2.24, 2.45) is 0 Å². The van der Waals surface area contributed by atoms with E-state index in [1.807, 2.05) is 12.1 Å². The van der Waals surface area contributed by atoms with E-state index < -0.39 is 0 Å². The van der Waals surface area contributed by atoms with Gasteiger partial charge in [0.25, 0.3) is 0 Å². The van der Waals surface area contributed by atoms with Crippen molar-refractivity contribution < 1.29 is 0 Å². The van der Waals surface area contributed by atoms with Gasteiger partial charge in [-0.1, -0.05) is 47.5 Å². The molecule has 0 radical (unpaired) electrons. The van der Waals surface area contributed by atoms with E-state index in [2.05, 4.69) is 41.3 Å². The highest BCUT2D eigenvalue weighted by atomic mass is 35.5. The fourth-order valence-corrected chi connectivity index (χ4v) is 2.08. The zero-order chi connectivity index (χ0) is 12.5. The Hall–Kier alpha value is -1.87. The molecule has 1 aromatic carbocycles. The van der Waals surface area contributed by atoms with Gasteiger partial charge in [0.1, 0.15) is 5.15 Å². The number of fused-ring (bicyclic) bond motifs is 1. The summed E-state index contributed by atoms with van der Waals surface area (Å²) >= 11 is 6.05. The molecule has 0 N–H and O–H groups in total. The Morgan fingerprint density at radius 1 is 1.11 bits per heavy atom. The molecule has 0 aliphatic carbocycles. The van der Waals surface area contributed by atoms with Gasteiger partial charge in [0.2, 0.25) is 0 Å². The van der Waals surface area contributed by atoms with Crippen molar-refractivity contribution in [1.82, 2.24) is 14.6 Å². The molecule has 3 nitrogen and oxygen atoms in total. The Labute approximate surface area is 110 Å². The van der Waals surface area contributed by atoms with Crippen LogP contribution in [0.3, 0.4) is 0 Å². The normalized spacial score (nSPS) is 11.0. The molecule has 0 unspecified atom stereocenters. The van der Waals surface area contributed by atoms with Gasteiger partial charge in [-0.25, -0.2) is 9.50 Å². The highest BCUT2D eigenvalue weighted by Crippen LogP contribution is 2.13. The maximum atomic E-state index is 6.05. The molecule has 0 saturated carbocycles. The van der Waals surface area contributed by atoms with E-state index in [0.29, 0.717) is 5.15 Å². The van der Waals surface area contributed by atoms with Gasteiger partial charge in [-0.05, 0) is 24.6 Å². The van der Waals surface area contributed by atoms with Crippen LogP contribution in [0, 0.1) is 6.92 Å². The summed E-state index contributed by atoms with van der Waals surface area (Å²) in [6.07, 6.45) is 0.721. The van der Waals surface area contributed by atoms with Gasteiger partial charge in [-0.3, -0.25) is 0 Å². The van der Waals surface area contributed by atoms with E-state index in [-0.39, 0.29) is 0 Å². The number of hydrogen-bond donors (Lipinski definition) is 0. The van der Waals surface area contributed by atoms with E-state index >= 15 is 0 Å². The SMILES string of the molecule is Cc1ccc(Cc2nc3cccc(Cl)n3n2)cc1. The van der Waals surface area contributed by atoms with Crippen LogP contribution >= 0.6 is 11.6 Å². The lowest BCUT2D eigenvalue weighted by Crippen LogP contribution is -1.92. The van der Waals surface area contributed by atoms with Gasteiger partial charge in [0.05, 0.1) is 0 Å². The molecule has 0 saturated heterocycles. The minimum atomic E-state index is 0.579. The summed E-state index contributed by atoms with van der Waals surface area (Å²) < 4.78 is 1.66. The number of aryl methyl sites for hydroxylation is 1. The molecular formula is C14H12ClN3. The number of nitrogens with zero attached hydrogens (tertiary/aromatic N) is 3. The number of benzene rings is 1. The first-order chi connectivity index (χ1) is 8.72. The van der Waals surface area contributed by atoms with Crippen LogP contribution in [-0.4, -0.2) is 14.6 Å².